The quantitative estimate of drug-likeness (QED) is 0.527. The van der Waals surface area contributed by atoms with Crippen LogP contribution in [0.25, 0.3) is 0 Å². The molecule has 0 aliphatic carbocycles. The third-order valence-electron chi connectivity index (χ3n) is 5.27. The van der Waals surface area contributed by atoms with Crippen molar-refractivity contribution in [1.82, 2.24) is 9.80 Å². The van der Waals surface area contributed by atoms with Gasteiger partial charge in [0.25, 0.3) is 11.6 Å². The highest BCUT2D eigenvalue weighted by molar-refractivity contribution is 6.31. The summed E-state index contributed by atoms with van der Waals surface area (Å²) in [6.45, 7) is 1.95. The van der Waals surface area contributed by atoms with E-state index in [1.165, 1.54) is 40.1 Å². The lowest BCUT2D eigenvalue weighted by Crippen LogP contribution is -2.46. The normalized spacial score (nSPS) is 15.9. The molecule has 1 atom stereocenters. The number of carbonyl (C=O) groups excluding carboxylic acids is 2. The van der Waals surface area contributed by atoms with Crippen LogP contribution in [0.3, 0.4) is 0 Å². The standard InChI is InChI=1S/C21H21ClFN3O4/c1-13-11-14(8-9-18(13)26(29)30)20(27)25-10-4-7-19(25)21(28)24(2)12-15-16(22)5-3-6-17(15)23/h3,5-6,8-9,11,19H,4,7,10,12H2,1-2H3. The van der Waals surface area contributed by atoms with Crippen LogP contribution < -0.4 is 0 Å². The molecule has 1 aliphatic heterocycles. The van der Waals surface area contributed by atoms with E-state index in [4.69, 9.17) is 11.6 Å². The second-order valence-corrected chi connectivity index (χ2v) is 7.72. The van der Waals surface area contributed by atoms with E-state index in [0.29, 0.717) is 24.9 Å². The molecule has 9 heteroatoms. The molecule has 0 spiro atoms. The van der Waals surface area contributed by atoms with Crippen LogP contribution in [0.1, 0.15) is 34.3 Å². The van der Waals surface area contributed by atoms with Gasteiger partial charge in [-0.3, -0.25) is 19.7 Å². The Morgan fingerprint density at radius 1 is 1.33 bits per heavy atom. The van der Waals surface area contributed by atoms with E-state index in [-0.39, 0.29) is 40.2 Å². The Morgan fingerprint density at radius 2 is 2.07 bits per heavy atom. The first-order chi connectivity index (χ1) is 14.2. The van der Waals surface area contributed by atoms with Crippen molar-refractivity contribution >= 4 is 29.1 Å². The lowest BCUT2D eigenvalue weighted by molar-refractivity contribution is -0.385. The minimum atomic E-state index is -0.677. The van der Waals surface area contributed by atoms with Gasteiger partial charge in [0.05, 0.1) is 4.92 Å². The highest BCUT2D eigenvalue weighted by atomic mass is 35.5. The summed E-state index contributed by atoms with van der Waals surface area (Å²) in [6.07, 6.45) is 1.15. The van der Waals surface area contributed by atoms with E-state index in [2.05, 4.69) is 0 Å². The van der Waals surface area contributed by atoms with Crippen molar-refractivity contribution < 1.29 is 18.9 Å². The molecule has 0 aromatic heterocycles. The molecule has 0 radical (unpaired) electrons. The molecule has 2 amide bonds. The minimum Gasteiger partial charge on any atom is -0.339 e. The molecule has 7 nitrogen and oxygen atoms in total. The summed E-state index contributed by atoms with van der Waals surface area (Å²) in [7, 11) is 1.54. The summed E-state index contributed by atoms with van der Waals surface area (Å²) in [6, 6.07) is 7.80. The molecule has 1 unspecified atom stereocenters. The summed E-state index contributed by atoms with van der Waals surface area (Å²) in [5.41, 5.74) is 0.816. The van der Waals surface area contributed by atoms with Crippen molar-refractivity contribution in [2.24, 2.45) is 0 Å². The third-order valence-corrected chi connectivity index (χ3v) is 5.63. The number of nitrogens with zero attached hydrogens (tertiary/aromatic N) is 3. The Balaban J connectivity index is 1.77. The van der Waals surface area contributed by atoms with Crippen molar-refractivity contribution in [2.45, 2.75) is 32.4 Å². The number of nitro benzene ring substituents is 1. The zero-order chi connectivity index (χ0) is 22.0. The van der Waals surface area contributed by atoms with Crippen molar-refractivity contribution in [3.63, 3.8) is 0 Å². The number of nitro groups is 1. The fourth-order valence-corrected chi connectivity index (χ4v) is 3.90. The number of hydrogen-bond acceptors (Lipinski definition) is 4. The predicted molar refractivity (Wildman–Crippen MR) is 110 cm³/mol. The first-order valence-electron chi connectivity index (χ1n) is 9.44. The van der Waals surface area contributed by atoms with Crippen LogP contribution in [0.5, 0.6) is 0 Å². The largest absolute Gasteiger partial charge is 0.339 e. The molecule has 1 saturated heterocycles. The zero-order valence-electron chi connectivity index (χ0n) is 16.6. The predicted octanol–water partition coefficient (Wildman–Crippen LogP) is 3.96. The van der Waals surface area contributed by atoms with Gasteiger partial charge in [0, 0.05) is 47.9 Å². The molecule has 1 aliphatic rings. The van der Waals surface area contributed by atoms with Gasteiger partial charge in [-0.15, -0.1) is 0 Å². The van der Waals surface area contributed by atoms with E-state index in [0.717, 1.165) is 0 Å². The number of hydrogen-bond donors (Lipinski definition) is 0. The molecule has 3 rings (SSSR count). The molecule has 1 heterocycles. The number of benzene rings is 2. The van der Waals surface area contributed by atoms with Crippen molar-refractivity contribution in [3.8, 4) is 0 Å². The van der Waals surface area contributed by atoms with Crippen LogP contribution >= 0.6 is 11.6 Å². The minimum absolute atomic E-state index is 0.0144. The molecule has 0 bridgehead atoms. The second-order valence-electron chi connectivity index (χ2n) is 7.31. The maximum Gasteiger partial charge on any atom is 0.272 e. The van der Waals surface area contributed by atoms with Gasteiger partial charge in [-0.2, -0.15) is 0 Å². The summed E-state index contributed by atoms with van der Waals surface area (Å²) in [5, 5.41) is 11.2. The average molecular weight is 434 g/mol. The fraction of sp³-hybridized carbons (Fsp3) is 0.333. The van der Waals surface area contributed by atoms with Gasteiger partial charge in [0.15, 0.2) is 0 Å². The van der Waals surface area contributed by atoms with E-state index in [1.807, 2.05) is 0 Å². The van der Waals surface area contributed by atoms with Gasteiger partial charge in [-0.05, 0) is 44.0 Å². The Hall–Kier alpha value is -3.00. The number of halogens is 2. The van der Waals surface area contributed by atoms with Gasteiger partial charge in [-0.25, -0.2) is 4.39 Å². The first-order valence-corrected chi connectivity index (χ1v) is 9.82. The summed E-state index contributed by atoms with van der Waals surface area (Å²) >= 11 is 6.06. The number of amides is 2. The average Bonchev–Trinajstić information content (AvgIpc) is 3.18. The third kappa shape index (κ3) is 4.28. The molecule has 1 fully saturated rings. The van der Waals surface area contributed by atoms with Crippen LogP contribution in [0, 0.1) is 22.9 Å². The molecular weight excluding hydrogens is 413 g/mol. The van der Waals surface area contributed by atoms with E-state index < -0.39 is 16.8 Å². The van der Waals surface area contributed by atoms with E-state index in [1.54, 1.807) is 20.0 Å². The SMILES string of the molecule is Cc1cc(C(=O)N2CCCC2C(=O)N(C)Cc2c(F)cccc2Cl)ccc1[N+](=O)[O-]. The van der Waals surface area contributed by atoms with Crippen LogP contribution in [-0.2, 0) is 11.3 Å². The maximum atomic E-state index is 14.1. The molecule has 158 valence electrons. The van der Waals surface area contributed by atoms with Gasteiger partial charge in [-0.1, -0.05) is 17.7 Å². The Kier molecular flexibility index (Phi) is 6.36. The van der Waals surface area contributed by atoms with Gasteiger partial charge < -0.3 is 9.80 Å². The van der Waals surface area contributed by atoms with Crippen molar-refractivity contribution in [1.29, 1.82) is 0 Å². The molecular formula is C21H21ClFN3O4. The number of likely N-dealkylation sites (tertiary alicyclic amines) is 1. The van der Waals surface area contributed by atoms with Crippen LogP contribution in [0.15, 0.2) is 36.4 Å². The number of aryl methyl sites for hydroxylation is 1. The summed E-state index contributed by atoms with van der Waals surface area (Å²) in [5.74, 6) is -1.16. The molecule has 2 aromatic rings. The molecule has 2 aromatic carbocycles. The fourth-order valence-electron chi connectivity index (χ4n) is 3.68. The van der Waals surface area contributed by atoms with Crippen LogP contribution in [0.4, 0.5) is 10.1 Å². The highest BCUT2D eigenvalue weighted by Gasteiger charge is 2.36. The number of carbonyl (C=O) groups is 2. The molecule has 0 N–H and O–H groups in total. The smallest absolute Gasteiger partial charge is 0.272 e. The second kappa shape index (κ2) is 8.79. The Morgan fingerprint density at radius 3 is 2.70 bits per heavy atom. The van der Waals surface area contributed by atoms with Gasteiger partial charge in [0.1, 0.15) is 11.9 Å². The van der Waals surface area contributed by atoms with Crippen molar-refractivity contribution in [3.05, 3.63) is 74.0 Å². The van der Waals surface area contributed by atoms with Gasteiger partial charge >= 0.3 is 0 Å². The summed E-state index contributed by atoms with van der Waals surface area (Å²) < 4.78 is 14.1. The lowest BCUT2D eigenvalue weighted by Gasteiger charge is -2.28. The highest BCUT2D eigenvalue weighted by Crippen LogP contribution is 2.26. The zero-order valence-corrected chi connectivity index (χ0v) is 17.4. The van der Waals surface area contributed by atoms with Crippen LogP contribution in [0.2, 0.25) is 5.02 Å². The van der Waals surface area contributed by atoms with E-state index >= 15 is 0 Å². The first kappa shape index (κ1) is 21.7. The molecule has 30 heavy (non-hydrogen) atoms. The number of rotatable bonds is 5. The topological polar surface area (TPSA) is 83.8 Å². The number of likely N-dealkylation sites (N-methyl/N-ethyl adjacent to an activating group) is 1. The van der Waals surface area contributed by atoms with Crippen LogP contribution in [-0.4, -0.2) is 46.2 Å². The monoisotopic (exact) mass is 433 g/mol. The van der Waals surface area contributed by atoms with E-state index in [9.17, 15) is 24.1 Å². The summed E-state index contributed by atoms with van der Waals surface area (Å²) in [4.78, 5) is 39.3. The molecule has 0 saturated carbocycles. The van der Waals surface area contributed by atoms with Gasteiger partial charge in [0.2, 0.25) is 5.91 Å². The maximum absolute atomic E-state index is 14.1. The van der Waals surface area contributed by atoms with Crippen molar-refractivity contribution in [2.75, 3.05) is 13.6 Å². The lowest BCUT2D eigenvalue weighted by atomic mass is 10.1. The Bertz CT molecular complexity index is 993. The Labute approximate surface area is 178 Å².